The number of alkyl halides is 3. The number of esters is 2. The van der Waals surface area contributed by atoms with Crippen molar-refractivity contribution < 1.29 is 37.0 Å². The Labute approximate surface area is 257 Å². The number of ether oxygens (including phenoxy) is 3. The molecule has 7 nitrogen and oxygen atoms in total. The number of halogens is 3. The SMILES string of the molecule is CCCCCCCCOc1ccc(-c2cnc(C(=O)Oc3ccc(C(=O)OC(CCCCCC)C(F)(F)F)cc3)cn2)cc1. The van der Waals surface area contributed by atoms with Gasteiger partial charge in [0.05, 0.1) is 30.3 Å². The molecule has 238 valence electrons. The second-order valence-corrected chi connectivity index (χ2v) is 10.6. The van der Waals surface area contributed by atoms with Crippen molar-refractivity contribution in [2.24, 2.45) is 0 Å². The van der Waals surface area contributed by atoms with Crippen LogP contribution < -0.4 is 9.47 Å². The molecule has 0 amide bonds. The van der Waals surface area contributed by atoms with Crippen molar-refractivity contribution in [3.8, 4) is 22.8 Å². The van der Waals surface area contributed by atoms with E-state index in [4.69, 9.17) is 14.2 Å². The molecule has 1 heterocycles. The molecule has 0 fully saturated rings. The van der Waals surface area contributed by atoms with Crippen LogP contribution in [0.2, 0.25) is 0 Å². The van der Waals surface area contributed by atoms with E-state index in [1.165, 1.54) is 62.3 Å². The van der Waals surface area contributed by atoms with Crippen molar-refractivity contribution in [2.45, 2.75) is 96.8 Å². The Bertz CT molecular complexity index is 1280. The van der Waals surface area contributed by atoms with Gasteiger partial charge < -0.3 is 14.2 Å². The third kappa shape index (κ3) is 11.6. The van der Waals surface area contributed by atoms with Crippen LogP contribution in [0.4, 0.5) is 13.2 Å². The van der Waals surface area contributed by atoms with E-state index in [9.17, 15) is 22.8 Å². The summed E-state index contributed by atoms with van der Waals surface area (Å²) in [5.41, 5.74) is 1.25. The molecular weight excluding hydrogens is 573 g/mol. The zero-order valence-electron chi connectivity index (χ0n) is 25.4. The van der Waals surface area contributed by atoms with Gasteiger partial charge >= 0.3 is 18.1 Å². The van der Waals surface area contributed by atoms with Crippen LogP contribution in [0.3, 0.4) is 0 Å². The standard InChI is InChI=1S/C34H41F3N2O5/c1-3-5-7-9-10-12-22-42-27-18-14-25(15-19-27)29-23-39-30(24-38-29)33(41)43-28-20-16-26(17-21-28)32(40)44-31(34(35,36)37)13-11-8-6-4-2/h14-21,23-24,31H,3-13,22H2,1-2H3. The Morgan fingerprint density at radius 1 is 0.727 bits per heavy atom. The average molecular weight is 615 g/mol. The van der Waals surface area contributed by atoms with E-state index in [1.54, 1.807) is 0 Å². The summed E-state index contributed by atoms with van der Waals surface area (Å²) >= 11 is 0. The Kier molecular flexibility index (Phi) is 14.1. The molecular formula is C34H41F3N2O5. The van der Waals surface area contributed by atoms with E-state index in [1.807, 2.05) is 31.2 Å². The topological polar surface area (TPSA) is 87.6 Å². The maximum Gasteiger partial charge on any atom is 0.425 e. The average Bonchev–Trinajstić information content (AvgIpc) is 3.02. The van der Waals surface area contributed by atoms with Crippen molar-refractivity contribution in [1.82, 2.24) is 9.97 Å². The number of benzene rings is 2. The molecule has 2 aromatic carbocycles. The van der Waals surface area contributed by atoms with Gasteiger partial charge in [-0.3, -0.25) is 4.98 Å². The van der Waals surface area contributed by atoms with E-state index in [0.717, 1.165) is 37.0 Å². The van der Waals surface area contributed by atoms with Crippen LogP contribution in [0, 0.1) is 0 Å². The molecule has 0 spiro atoms. The minimum absolute atomic E-state index is 0.0350. The second-order valence-electron chi connectivity index (χ2n) is 10.6. The molecule has 3 rings (SSSR count). The molecule has 0 aliphatic rings. The van der Waals surface area contributed by atoms with Gasteiger partial charge in [0.1, 0.15) is 11.5 Å². The first-order chi connectivity index (χ1) is 21.2. The highest BCUT2D eigenvalue weighted by molar-refractivity contribution is 5.91. The van der Waals surface area contributed by atoms with Gasteiger partial charge in [-0.15, -0.1) is 0 Å². The van der Waals surface area contributed by atoms with Gasteiger partial charge in [-0.1, -0.05) is 65.2 Å². The fraction of sp³-hybridized carbons (Fsp3) is 0.471. The molecule has 0 aliphatic heterocycles. The normalized spacial score (nSPS) is 12.0. The highest BCUT2D eigenvalue weighted by Gasteiger charge is 2.42. The summed E-state index contributed by atoms with van der Waals surface area (Å²) in [5, 5.41) is 0. The number of hydrogen-bond donors (Lipinski definition) is 0. The lowest BCUT2D eigenvalue weighted by atomic mass is 10.1. The molecule has 1 atom stereocenters. The number of hydrogen-bond acceptors (Lipinski definition) is 7. The van der Waals surface area contributed by atoms with Crippen LogP contribution in [0.15, 0.2) is 60.9 Å². The zero-order valence-corrected chi connectivity index (χ0v) is 25.4. The van der Waals surface area contributed by atoms with E-state index >= 15 is 0 Å². The fourth-order valence-corrected chi connectivity index (χ4v) is 4.44. The molecule has 0 aliphatic carbocycles. The van der Waals surface area contributed by atoms with Crippen molar-refractivity contribution >= 4 is 11.9 Å². The minimum Gasteiger partial charge on any atom is -0.494 e. The summed E-state index contributed by atoms with van der Waals surface area (Å²) in [4.78, 5) is 33.4. The molecule has 0 N–H and O–H groups in total. The number of carbonyl (C=O) groups is 2. The highest BCUT2D eigenvalue weighted by atomic mass is 19.4. The predicted octanol–water partition coefficient (Wildman–Crippen LogP) is 9.16. The van der Waals surface area contributed by atoms with Gasteiger partial charge in [-0.25, -0.2) is 14.6 Å². The van der Waals surface area contributed by atoms with Crippen molar-refractivity contribution in [2.75, 3.05) is 6.61 Å². The number of rotatable bonds is 18. The Balaban J connectivity index is 1.49. The van der Waals surface area contributed by atoms with Crippen molar-refractivity contribution in [3.05, 3.63) is 72.2 Å². The van der Waals surface area contributed by atoms with E-state index < -0.39 is 24.2 Å². The Morgan fingerprint density at radius 2 is 1.34 bits per heavy atom. The van der Waals surface area contributed by atoms with Crippen LogP contribution in [0.5, 0.6) is 11.5 Å². The van der Waals surface area contributed by atoms with Crippen molar-refractivity contribution in [3.63, 3.8) is 0 Å². The quantitative estimate of drug-likeness (QED) is 0.0802. The Hall–Kier alpha value is -3.95. The summed E-state index contributed by atoms with van der Waals surface area (Å²) in [7, 11) is 0. The monoisotopic (exact) mass is 614 g/mol. The molecule has 0 radical (unpaired) electrons. The molecule has 0 bridgehead atoms. The minimum atomic E-state index is -4.65. The van der Waals surface area contributed by atoms with Crippen LogP contribution in [0.25, 0.3) is 11.3 Å². The molecule has 1 unspecified atom stereocenters. The lowest BCUT2D eigenvalue weighted by Gasteiger charge is -2.20. The summed E-state index contributed by atoms with van der Waals surface area (Å²) in [5.74, 6) is -1.01. The van der Waals surface area contributed by atoms with E-state index in [0.29, 0.717) is 25.1 Å². The summed E-state index contributed by atoms with van der Waals surface area (Å²) in [6.07, 6.45) is 5.48. The first-order valence-corrected chi connectivity index (χ1v) is 15.4. The third-order valence-electron chi connectivity index (χ3n) is 7.01. The maximum absolute atomic E-state index is 13.4. The first-order valence-electron chi connectivity index (χ1n) is 15.4. The number of aromatic nitrogens is 2. The Morgan fingerprint density at radius 3 is 1.95 bits per heavy atom. The smallest absolute Gasteiger partial charge is 0.425 e. The lowest BCUT2D eigenvalue weighted by Crippen LogP contribution is -2.33. The van der Waals surface area contributed by atoms with Gasteiger partial charge in [0.25, 0.3) is 0 Å². The zero-order chi connectivity index (χ0) is 31.8. The van der Waals surface area contributed by atoms with Crippen LogP contribution in [0.1, 0.15) is 105 Å². The molecule has 44 heavy (non-hydrogen) atoms. The molecule has 3 aromatic rings. The van der Waals surface area contributed by atoms with Gasteiger partial charge in [-0.2, -0.15) is 13.2 Å². The van der Waals surface area contributed by atoms with Gasteiger partial charge in [0.15, 0.2) is 11.8 Å². The summed E-state index contributed by atoms with van der Waals surface area (Å²) in [6.45, 7) is 4.83. The predicted molar refractivity (Wildman–Crippen MR) is 162 cm³/mol. The largest absolute Gasteiger partial charge is 0.494 e. The van der Waals surface area contributed by atoms with Crippen LogP contribution >= 0.6 is 0 Å². The number of unbranched alkanes of at least 4 members (excludes halogenated alkanes) is 8. The molecule has 0 saturated carbocycles. The van der Waals surface area contributed by atoms with Gasteiger partial charge in [0.2, 0.25) is 0 Å². The molecule has 10 heteroatoms. The molecule has 0 saturated heterocycles. The number of carbonyl (C=O) groups excluding carboxylic acids is 2. The lowest BCUT2D eigenvalue weighted by molar-refractivity contribution is -0.206. The van der Waals surface area contributed by atoms with Gasteiger partial charge in [-0.05, 0) is 67.8 Å². The summed E-state index contributed by atoms with van der Waals surface area (Å²) < 4.78 is 55.9. The van der Waals surface area contributed by atoms with Crippen LogP contribution in [-0.2, 0) is 4.74 Å². The van der Waals surface area contributed by atoms with Crippen molar-refractivity contribution in [1.29, 1.82) is 0 Å². The van der Waals surface area contributed by atoms with Gasteiger partial charge in [0, 0.05) is 5.56 Å². The first kappa shape index (κ1) is 34.5. The maximum atomic E-state index is 13.4. The second kappa shape index (κ2) is 18.0. The fourth-order valence-electron chi connectivity index (χ4n) is 4.44. The molecule has 1 aromatic heterocycles. The van der Waals surface area contributed by atoms with E-state index in [2.05, 4.69) is 16.9 Å². The van der Waals surface area contributed by atoms with Crippen LogP contribution in [-0.4, -0.2) is 40.8 Å². The highest BCUT2D eigenvalue weighted by Crippen LogP contribution is 2.28. The summed E-state index contributed by atoms with van der Waals surface area (Å²) in [6, 6.07) is 12.6. The third-order valence-corrected chi connectivity index (χ3v) is 7.01. The van der Waals surface area contributed by atoms with E-state index in [-0.39, 0.29) is 23.4 Å². The number of nitrogens with zero attached hydrogens (tertiary/aromatic N) is 2.